The maximum atomic E-state index is 11.7. The lowest BCUT2D eigenvalue weighted by molar-refractivity contribution is -0.118. The van der Waals surface area contributed by atoms with Crippen LogP contribution in [0.3, 0.4) is 0 Å². The van der Waals surface area contributed by atoms with Gasteiger partial charge in [0.15, 0.2) is 0 Å². The van der Waals surface area contributed by atoms with Crippen molar-refractivity contribution in [1.82, 2.24) is 4.72 Å². The summed E-state index contributed by atoms with van der Waals surface area (Å²) in [4.78, 5) is 11.9. The minimum atomic E-state index is -3.46. The molecule has 19 heavy (non-hydrogen) atoms. The standard InChI is InChI=1S/C12H19N3O3S/c1-8(2)11(13)12(16)15-9-4-6-10(7-5-9)19(17,18)14-3/h4-8,11,14H,13H2,1-3H3,(H,15,16). The SMILES string of the molecule is CNS(=O)(=O)c1ccc(NC(=O)C(N)C(C)C)cc1. The second-order valence-corrected chi connectivity index (χ2v) is 6.38. The maximum Gasteiger partial charge on any atom is 0.241 e. The predicted molar refractivity (Wildman–Crippen MR) is 74.1 cm³/mol. The fourth-order valence-corrected chi connectivity index (χ4v) is 2.09. The van der Waals surface area contributed by atoms with Crippen molar-refractivity contribution in [3.05, 3.63) is 24.3 Å². The number of amides is 1. The Balaban J connectivity index is 2.81. The van der Waals surface area contributed by atoms with Crippen LogP contribution in [0.25, 0.3) is 0 Å². The monoisotopic (exact) mass is 285 g/mol. The molecular formula is C12H19N3O3S. The second kappa shape index (κ2) is 6.14. The topological polar surface area (TPSA) is 101 Å². The van der Waals surface area contributed by atoms with Crippen molar-refractivity contribution in [1.29, 1.82) is 0 Å². The molecule has 1 rings (SSSR count). The van der Waals surface area contributed by atoms with Crippen molar-refractivity contribution in [3.8, 4) is 0 Å². The maximum absolute atomic E-state index is 11.7. The van der Waals surface area contributed by atoms with Gasteiger partial charge in [-0.05, 0) is 37.2 Å². The molecule has 1 unspecified atom stereocenters. The average molecular weight is 285 g/mol. The summed E-state index contributed by atoms with van der Waals surface area (Å²) in [5.41, 5.74) is 6.22. The lowest BCUT2D eigenvalue weighted by atomic mass is 10.1. The largest absolute Gasteiger partial charge is 0.325 e. The first-order valence-corrected chi connectivity index (χ1v) is 7.36. The first-order valence-electron chi connectivity index (χ1n) is 5.88. The Bertz CT molecular complexity index is 538. The van der Waals surface area contributed by atoms with E-state index in [9.17, 15) is 13.2 Å². The number of hydrogen-bond donors (Lipinski definition) is 3. The van der Waals surface area contributed by atoms with E-state index in [1.807, 2.05) is 13.8 Å². The number of anilines is 1. The molecule has 0 fully saturated rings. The van der Waals surface area contributed by atoms with E-state index >= 15 is 0 Å². The van der Waals surface area contributed by atoms with Crippen molar-refractivity contribution < 1.29 is 13.2 Å². The molecule has 0 aliphatic carbocycles. The first-order chi connectivity index (χ1) is 8.77. The summed E-state index contributed by atoms with van der Waals surface area (Å²) in [5, 5.41) is 2.64. The van der Waals surface area contributed by atoms with Crippen molar-refractivity contribution in [2.75, 3.05) is 12.4 Å². The summed E-state index contributed by atoms with van der Waals surface area (Å²) >= 11 is 0. The molecule has 0 saturated heterocycles. The lowest BCUT2D eigenvalue weighted by Gasteiger charge is -2.15. The van der Waals surface area contributed by atoms with Crippen LogP contribution in [0, 0.1) is 5.92 Å². The van der Waals surface area contributed by atoms with Gasteiger partial charge in [-0.15, -0.1) is 0 Å². The van der Waals surface area contributed by atoms with Gasteiger partial charge in [0.2, 0.25) is 15.9 Å². The molecule has 106 valence electrons. The van der Waals surface area contributed by atoms with Crippen LogP contribution in [-0.2, 0) is 14.8 Å². The minimum absolute atomic E-state index is 0.0314. The van der Waals surface area contributed by atoms with Gasteiger partial charge in [-0.1, -0.05) is 13.8 Å². The molecule has 1 aromatic carbocycles. The Morgan fingerprint density at radius 2 is 1.74 bits per heavy atom. The Morgan fingerprint density at radius 3 is 2.16 bits per heavy atom. The van der Waals surface area contributed by atoms with E-state index in [2.05, 4.69) is 10.0 Å². The Hall–Kier alpha value is -1.44. The molecule has 0 bridgehead atoms. The highest BCUT2D eigenvalue weighted by atomic mass is 32.2. The normalized spacial score (nSPS) is 13.3. The smallest absolute Gasteiger partial charge is 0.241 e. The molecule has 0 saturated carbocycles. The number of rotatable bonds is 5. The van der Waals surface area contributed by atoms with E-state index < -0.39 is 16.1 Å². The van der Waals surface area contributed by atoms with Gasteiger partial charge in [-0.2, -0.15) is 0 Å². The molecule has 6 nitrogen and oxygen atoms in total. The molecule has 0 spiro atoms. The Morgan fingerprint density at radius 1 is 1.21 bits per heavy atom. The van der Waals surface area contributed by atoms with Crippen LogP contribution < -0.4 is 15.8 Å². The van der Waals surface area contributed by atoms with E-state index in [-0.39, 0.29) is 16.7 Å². The van der Waals surface area contributed by atoms with Gasteiger partial charge in [-0.25, -0.2) is 13.1 Å². The Kier molecular flexibility index (Phi) is 5.04. The van der Waals surface area contributed by atoms with Crippen LogP contribution in [0.15, 0.2) is 29.2 Å². The molecular weight excluding hydrogens is 266 g/mol. The average Bonchev–Trinajstić information content (AvgIpc) is 2.38. The van der Waals surface area contributed by atoms with Gasteiger partial charge in [0.05, 0.1) is 10.9 Å². The number of carbonyl (C=O) groups is 1. The van der Waals surface area contributed by atoms with E-state index in [0.29, 0.717) is 5.69 Å². The molecule has 0 aliphatic heterocycles. The van der Waals surface area contributed by atoms with Crippen LogP contribution in [0.4, 0.5) is 5.69 Å². The molecule has 7 heteroatoms. The Labute approximate surface area is 113 Å². The molecule has 0 heterocycles. The number of carbonyl (C=O) groups excluding carboxylic acids is 1. The summed E-state index contributed by atoms with van der Waals surface area (Å²) in [5.74, 6) is -0.261. The van der Waals surface area contributed by atoms with E-state index in [1.54, 1.807) is 0 Å². The fourth-order valence-electron chi connectivity index (χ4n) is 1.36. The quantitative estimate of drug-likeness (QED) is 0.734. The summed E-state index contributed by atoms with van der Waals surface area (Å²) < 4.78 is 25.2. The van der Waals surface area contributed by atoms with Gasteiger partial charge >= 0.3 is 0 Å². The van der Waals surface area contributed by atoms with E-state index in [0.717, 1.165) is 0 Å². The van der Waals surface area contributed by atoms with Crippen LogP contribution in [0.5, 0.6) is 0 Å². The number of nitrogens with two attached hydrogens (primary N) is 1. The predicted octanol–water partition coefficient (Wildman–Crippen LogP) is 0.517. The number of benzene rings is 1. The van der Waals surface area contributed by atoms with Crippen molar-refractivity contribution in [2.24, 2.45) is 11.7 Å². The molecule has 1 atom stereocenters. The highest BCUT2D eigenvalue weighted by Gasteiger charge is 2.17. The second-order valence-electron chi connectivity index (χ2n) is 4.49. The van der Waals surface area contributed by atoms with Crippen LogP contribution in [0.1, 0.15) is 13.8 Å². The van der Waals surface area contributed by atoms with Crippen LogP contribution in [-0.4, -0.2) is 27.4 Å². The van der Waals surface area contributed by atoms with Crippen molar-refractivity contribution >= 4 is 21.6 Å². The summed E-state index contributed by atoms with van der Waals surface area (Å²) in [7, 11) is -2.12. The van der Waals surface area contributed by atoms with Crippen LogP contribution >= 0.6 is 0 Å². The van der Waals surface area contributed by atoms with E-state index in [1.165, 1.54) is 31.3 Å². The lowest BCUT2D eigenvalue weighted by Crippen LogP contribution is -2.39. The van der Waals surface area contributed by atoms with Crippen molar-refractivity contribution in [2.45, 2.75) is 24.8 Å². The van der Waals surface area contributed by atoms with Gasteiger partial charge in [-0.3, -0.25) is 4.79 Å². The molecule has 0 aromatic heterocycles. The van der Waals surface area contributed by atoms with Crippen molar-refractivity contribution in [3.63, 3.8) is 0 Å². The third-order valence-electron chi connectivity index (χ3n) is 2.72. The van der Waals surface area contributed by atoms with Gasteiger partial charge in [0.1, 0.15) is 0 Å². The fraction of sp³-hybridized carbons (Fsp3) is 0.417. The van der Waals surface area contributed by atoms with E-state index in [4.69, 9.17) is 5.73 Å². The van der Waals surface area contributed by atoms with Gasteiger partial charge < -0.3 is 11.1 Å². The molecule has 0 aliphatic rings. The van der Waals surface area contributed by atoms with Gasteiger partial charge in [0, 0.05) is 5.69 Å². The zero-order valence-electron chi connectivity index (χ0n) is 11.2. The minimum Gasteiger partial charge on any atom is -0.325 e. The van der Waals surface area contributed by atoms with Gasteiger partial charge in [0.25, 0.3) is 0 Å². The summed E-state index contributed by atoms with van der Waals surface area (Å²) in [6.45, 7) is 3.71. The summed E-state index contributed by atoms with van der Waals surface area (Å²) in [6, 6.07) is 5.29. The molecule has 0 radical (unpaired) electrons. The number of hydrogen-bond acceptors (Lipinski definition) is 4. The zero-order valence-corrected chi connectivity index (χ0v) is 12.0. The molecule has 1 amide bonds. The first kappa shape index (κ1) is 15.6. The molecule has 4 N–H and O–H groups in total. The third-order valence-corrected chi connectivity index (χ3v) is 4.15. The van der Waals surface area contributed by atoms with Crippen LogP contribution in [0.2, 0.25) is 0 Å². The third kappa shape index (κ3) is 4.02. The highest BCUT2D eigenvalue weighted by molar-refractivity contribution is 7.89. The number of nitrogens with one attached hydrogen (secondary N) is 2. The zero-order chi connectivity index (χ0) is 14.6. The number of sulfonamides is 1. The summed E-state index contributed by atoms with van der Waals surface area (Å²) in [6.07, 6.45) is 0. The highest BCUT2D eigenvalue weighted by Crippen LogP contribution is 2.14. The molecule has 1 aromatic rings.